The number of carboxylic acids is 1. The first-order valence-corrected chi connectivity index (χ1v) is 5.74. The Labute approximate surface area is 102 Å². The molecule has 1 aromatic carbocycles. The number of hydrogen-bond donors (Lipinski definition) is 1. The highest BCUT2D eigenvalue weighted by Gasteiger charge is 2.22. The van der Waals surface area contributed by atoms with E-state index in [1.165, 1.54) is 0 Å². The van der Waals surface area contributed by atoms with Crippen molar-refractivity contribution in [1.29, 1.82) is 0 Å². The van der Waals surface area contributed by atoms with E-state index in [4.69, 9.17) is 9.84 Å². The number of benzene rings is 1. The van der Waals surface area contributed by atoms with Crippen molar-refractivity contribution in [2.45, 2.75) is 26.3 Å². The molecule has 0 unspecified atom stereocenters. The van der Waals surface area contributed by atoms with E-state index in [2.05, 4.69) is 0 Å². The number of methoxy groups -OCH3 is 1. The van der Waals surface area contributed by atoms with E-state index in [0.717, 1.165) is 12.1 Å². The third kappa shape index (κ3) is 3.12. The first-order chi connectivity index (χ1) is 8.11. The molecular formula is C13H19NO3. The molecule has 0 amide bonds. The Bertz CT molecular complexity index is 379. The summed E-state index contributed by atoms with van der Waals surface area (Å²) in [6.07, 6.45) is 0.885. The highest BCUT2D eigenvalue weighted by molar-refractivity contribution is 5.78. The van der Waals surface area contributed by atoms with E-state index in [0.29, 0.717) is 12.3 Å². The van der Waals surface area contributed by atoms with E-state index >= 15 is 0 Å². The maximum Gasteiger partial charge on any atom is 0.326 e. The van der Waals surface area contributed by atoms with Crippen LogP contribution in [0.1, 0.15) is 20.3 Å². The largest absolute Gasteiger partial charge is 0.495 e. The van der Waals surface area contributed by atoms with Gasteiger partial charge in [-0.15, -0.1) is 0 Å². The van der Waals surface area contributed by atoms with Crippen LogP contribution in [-0.2, 0) is 4.79 Å². The van der Waals surface area contributed by atoms with Gasteiger partial charge in [0.05, 0.1) is 12.8 Å². The summed E-state index contributed by atoms with van der Waals surface area (Å²) >= 11 is 0. The standard InChI is InChI=1S/C13H19NO3/c1-4-9-14(10(2)13(15)16)11-7-5-6-8-12(11)17-3/h5-8,10H,4,9H2,1-3H3,(H,15,16)/t10-/m0/s1. The molecule has 0 aliphatic heterocycles. The van der Waals surface area contributed by atoms with Crippen LogP contribution in [0.25, 0.3) is 0 Å². The van der Waals surface area contributed by atoms with E-state index in [9.17, 15) is 4.79 Å². The monoisotopic (exact) mass is 237 g/mol. The predicted molar refractivity (Wildman–Crippen MR) is 67.7 cm³/mol. The number of anilines is 1. The Balaban J connectivity index is 3.08. The lowest BCUT2D eigenvalue weighted by molar-refractivity contribution is -0.138. The number of hydrogen-bond acceptors (Lipinski definition) is 3. The van der Waals surface area contributed by atoms with Gasteiger partial charge in [-0.05, 0) is 25.5 Å². The second-order valence-electron chi connectivity index (χ2n) is 3.88. The van der Waals surface area contributed by atoms with Crippen LogP contribution >= 0.6 is 0 Å². The van der Waals surface area contributed by atoms with Crippen LogP contribution in [-0.4, -0.2) is 30.8 Å². The van der Waals surface area contributed by atoms with Gasteiger partial charge in [-0.1, -0.05) is 19.1 Å². The van der Waals surface area contributed by atoms with Crippen molar-refractivity contribution in [3.8, 4) is 5.75 Å². The highest BCUT2D eigenvalue weighted by atomic mass is 16.5. The Morgan fingerprint density at radius 2 is 2.12 bits per heavy atom. The fraction of sp³-hybridized carbons (Fsp3) is 0.462. The summed E-state index contributed by atoms with van der Waals surface area (Å²) in [7, 11) is 1.59. The number of rotatable bonds is 6. The lowest BCUT2D eigenvalue weighted by atomic mass is 10.2. The molecular weight excluding hydrogens is 218 g/mol. The van der Waals surface area contributed by atoms with Gasteiger partial charge >= 0.3 is 5.97 Å². The molecule has 0 aliphatic carbocycles. The molecule has 0 saturated heterocycles. The number of nitrogens with zero attached hydrogens (tertiary/aromatic N) is 1. The zero-order valence-electron chi connectivity index (χ0n) is 10.5. The minimum Gasteiger partial charge on any atom is -0.495 e. The molecule has 1 rings (SSSR count). The number of ether oxygens (including phenoxy) is 1. The molecule has 0 radical (unpaired) electrons. The van der Waals surface area contributed by atoms with Crippen molar-refractivity contribution in [2.24, 2.45) is 0 Å². The summed E-state index contributed by atoms with van der Waals surface area (Å²) < 4.78 is 5.27. The van der Waals surface area contributed by atoms with Gasteiger partial charge in [-0.3, -0.25) is 0 Å². The van der Waals surface area contributed by atoms with Gasteiger partial charge in [0.2, 0.25) is 0 Å². The van der Waals surface area contributed by atoms with Crippen molar-refractivity contribution in [3.05, 3.63) is 24.3 Å². The molecule has 0 saturated carbocycles. The first kappa shape index (κ1) is 13.4. The van der Waals surface area contributed by atoms with Crippen molar-refractivity contribution < 1.29 is 14.6 Å². The summed E-state index contributed by atoms with van der Waals surface area (Å²) in [5.74, 6) is -0.126. The molecule has 0 spiro atoms. The maximum absolute atomic E-state index is 11.1. The number of aliphatic carboxylic acids is 1. The molecule has 1 N–H and O–H groups in total. The fourth-order valence-electron chi connectivity index (χ4n) is 1.76. The molecule has 0 aliphatic rings. The van der Waals surface area contributed by atoms with Crippen molar-refractivity contribution in [2.75, 3.05) is 18.6 Å². The average Bonchev–Trinajstić information content (AvgIpc) is 2.35. The van der Waals surface area contributed by atoms with E-state index in [1.54, 1.807) is 14.0 Å². The van der Waals surface area contributed by atoms with Crippen LogP contribution in [0.2, 0.25) is 0 Å². The van der Waals surface area contributed by atoms with Crippen LogP contribution in [0, 0.1) is 0 Å². The predicted octanol–water partition coefficient (Wildman–Crippen LogP) is 2.38. The topological polar surface area (TPSA) is 49.8 Å². The molecule has 0 bridgehead atoms. The maximum atomic E-state index is 11.1. The van der Waals surface area contributed by atoms with Crippen LogP contribution in [0.4, 0.5) is 5.69 Å². The minimum absolute atomic E-state index is 0.564. The minimum atomic E-state index is -0.829. The lowest BCUT2D eigenvalue weighted by Crippen LogP contribution is -2.39. The van der Waals surface area contributed by atoms with E-state index in [1.807, 2.05) is 36.1 Å². The third-order valence-electron chi connectivity index (χ3n) is 2.68. The second kappa shape index (κ2) is 6.13. The Morgan fingerprint density at radius 3 is 2.65 bits per heavy atom. The quantitative estimate of drug-likeness (QED) is 0.825. The molecule has 1 aromatic rings. The number of para-hydroxylation sites is 2. The smallest absolute Gasteiger partial charge is 0.326 e. The third-order valence-corrected chi connectivity index (χ3v) is 2.68. The SMILES string of the molecule is CCCN(c1ccccc1OC)[C@@H](C)C(=O)O. The van der Waals surface area contributed by atoms with Crippen LogP contribution in [0.3, 0.4) is 0 Å². The molecule has 4 nitrogen and oxygen atoms in total. The molecule has 0 aromatic heterocycles. The normalized spacial score (nSPS) is 11.9. The first-order valence-electron chi connectivity index (χ1n) is 5.74. The van der Waals surface area contributed by atoms with E-state index in [-0.39, 0.29) is 0 Å². The summed E-state index contributed by atoms with van der Waals surface area (Å²) in [4.78, 5) is 13.0. The fourth-order valence-corrected chi connectivity index (χ4v) is 1.76. The zero-order chi connectivity index (χ0) is 12.8. The van der Waals surface area contributed by atoms with Crippen molar-refractivity contribution >= 4 is 11.7 Å². The summed E-state index contributed by atoms with van der Waals surface area (Å²) in [6, 6.07) is 6.92. The van der Waals surface area contributed by atoms with Gasteiger partial charge in [0.25, 0.3) is 0 Å². The van der Waals surface area contributed by atoms with Gasteiger partial charge in [-0.25, -0.2) is 4.79 Å². The Hall–Kier alpha value is -1.71. The molecule has 1 atom stereocenters. The molecule has 17 heavy (non-hydrogen) atoms. The Morgan fingerprint density at radius 1 is 1.47 bits per heavy atom. The van der Waals surface area contributed by atoms with Gasteiger partial charge in [0, 0.05) is 6.54 Å². The van der Waals surface area contributed by atoms with Crippen LogP contribution in [0.15, 0.2) is 24.3 Å². The van der Waals surface area contributed by atoms with Crippen LogP contribution < -0.4 is 9.64 Å². The molecule has 4 heteroatoms. The van der Waals surface area contributed by atoms with Crippen LogP contribution in [0.5, 0.6) is 5.75 Å². The van der Waals surface area contributed by atoms with E-state index < -0.39 is 12.0 Å². The number of carboxylic acid groups (broad SMARTS) is 1. The lowest BCUT2D eigenvalue weighted by Gasteiger charge is -2.29. The molecule has 0 heterocycles. The number of carbonyl (C=O) groups is 1. The van der Waals surface area contributed by atoms with Gasteiger partial charge in [0.1, 0.15) is 11.8 Å². The van der Waals surface area contributed by atoms with Gasteiger partial charge in [0.15, 0.2) is 0 Å². The van der Waals surface area contributed by atoms with Crippen molar-refractivity contribution in [1.82, 2.24) is 0 Å². The molecule has 94 valence electrons. The summed E-state index contributed by atoms with van der Waals surface area (Å²) in [6.45, 7) is 4.40. The van der Waals surface area contributed by atoms with Gasteiger partial charge in [-0.2, -0.15) is 0 Å². The van der Waals surface area contributed by atoms with Crippen molar-refractivity contribution in [3.63, 3.8) is 0 Å². The van der Waals surface area contributed by atoms with Gasteiger partial charge < -0.3 is 14.7 Å². The Kier molecular flexibility index (Phi) is 4.82. The highest BCUT2D eigenvalue weighted by Crippen LogP contribution is 2.29. The second-order valence-corrected chi connectivity index (χ2v) is 3.88. The summed E-state index contributed by atoms with van der Waals surface area (Å²) in [5, 5.41) is 9.12. The average molecular weight is 237 g/mol. The zero-order valence-corrected chi connectivity index (χ0v) is 10.5. The summed E-state index contributed by atoms with van der Waals surface area (Å²) in [5.41, 5.74) is 0.826. The molecule has 0 fully saturated rings.